The molecule has 1 aromatic carbocycles. The first-order valence-electron chi connectivity index (χ1n) is 6.45. The molecule has 1 aliphatic heterocycles. The van der Waals surface area contributed by atoms with Gasteiger partial charge in [0.1, 0.15) is 5.75 Å². The van der Waals surface area contributed by atoms with Crippen molar-refractivity contribution < 1.29 is 23.4 Å². The molecule has 0 spiro atoms. The molecule has 0 aromatic heterocycles. The smallest absolute Gasteiger partial charge is 0.303 e. The molecular formula is C14H15BrF2O3. The molecule has 0 unspecified atom stereocenters. The van der Waals surface area contributed by atoms with Crippen molar-refractivity contribution in [2.75, 3.05) is 6.61 Å². The van der Waals surface area contributed by atoms with Gasteiger partial charge in [0.15, 0.2) is 0 Å². The average Bonchev–Trinajstić information content (AvgIpc) is 2.81. The van der Waals surface area contributed by atoms with Gasteiger partial charge in [-0.05, 0) is 30.5 Å². The van der Waals surface area contributed by atoms with Gasteiger partial charge in [-0.3, -0.25) is 4.79 Å². The van der Waals surface area contributed by atoms with Crippen LogP contribution >= 0.6 is 15.9 Å². The predicted molar refractivity (Wildman–Crippen MR) is 73.3 cm³/mol. The molecule has 0 aliphatic carbocycles. The van der Waals surface area contributed by atoms with Crippen molar-refractivity contribution in [1.82, 2.24) is 0 Å². The number of carboxylic acid groups (broad SMARTS) is 1. The van der Waals surface area contributed by atoms with E-state index in [-0.39, 0.29) is 37.0 Å². The monoisotopic (exact) mass is 348 g/mol. The van der Waals surface area contributed by atoms with E-state index in [1.54, 1.807) is 6.07 Å². The number of hydrogen-bond acceptors (Lipinski definition) is 2. The lowest BCUT2D eigenvalue weighted by Gasteiger charge is -2.19. The maximum atomic E-state index is 14.3. The molecule has 110 valence electrons. The Morgan fingerprint density at radius 3 is 2.85 bits per heavy atom. The fourth-order valence-corrected chi connectivity index (χ4v) is 2.80. The largest absolute Gasteiger partial charge is 0.492 e. The number of ether oxygens (including phenoxy) is 1. The molecule has 0 saturated carbocycles. The molecule has 3 nitrogen and oxygen atoms in total. The van der Waals surface area contributed by atoms with Crippen molar-refractivity contribution in [2.24, 2.45) is 0 Å². The second kappa shape index (κ2) is 6.08. The van der Waals surface area contributed by atoms with E-state index in [1.165, 1.54) is 6.07 Å². The van der Waals surface area contributed by atoms with E-state index >= 15 is 0 Å². The molecule has 0 radical (unpaired) electrons. The lowest BCUT2D eigenvalue weighted by Crippen LogP contribution is -2.15. The van der Waals surface area contributed by atoms with Gasteiger partial charge in [0, 0.05) is 23.7 Å². The van der Waals surface area contributed by atoms with Gasteiger partial charge in [-0.2, -0.15) is 0 Å². The Morgan fingerprint density at radius 1 is 1.40 bits per heavy atom. The third-order valence-corrected chi connectivity index (χ3v) is 3.73. The first-order valence-corrected chi connectivity index (χ1v) is 7.25. The highest BCUT2D eigenvalue weighted by Gasteiger charge is 2.36. The molecule has 0 amide bonds. The zero-order chi connectivity index (χ0) is 14.8. The van der Waals surface area contributed by atoms with E-state index in [2.05, 4.69) is 15.9 Å². The molecule has 2 rings (SSSR count). The molecule has 6 heteroatoms. The van der Waals surface area contributed by atoms with Gasteiger partial charge in [-0.15, -0.1) is 0 Å². The first-order chi connectivity index (χ1) is 9.40. The van der Waals surface area contributed by atoms with Crippen molar-refractivity contribution in [1.29, 1.82) is 0 Å². The van der Waals surface area contributed by atoms with Crippen LogP contribution in [-0.4, -0.2) is 17.7 Å². The minimum absolute atomic E-state index is 0.0802. The number of benzene rings is 1. The van der Waals surface area contributed by atoms with E-state index in [1.807, 2.05) is 0 Å². The van der Waals surface area contributed by atoms with Crippen molar-refractivity contribution in [2.45, 2.75) is 38.0 Å². The lowest BCUT2D eigenvalue weighted by molar-refractivity contribution is -0.137. The Morgan fingerprint density at radius 2 is 2.15 bits per heavy atom. The van der Waals surface area contributed by atoms with Crippen molar-refractivity contribution in [3.05, 3.63) is 27.7 Å². The summed E-state index contributed by atoms with van der Waals surface area (Å²) in [6.07, 6.45) is 0.606. The quantitative estimate of drug-likeness (QED) is 0.786. The van der Waals surface area contributed by atoms with Gasteiger partial charge >= 0.3 is 5.97 Å². The van der Waals surface area contributed by atoms with Gasteiger partial charge in [0.05, 0.1) is 12.2 Å². The van der Waals surface area contributed by atoms with E-state index in [9.17, 15) is 13.6 Å². The third kappa shape index (κ3) is 3.48. The average molecular weight is 349 g/mol. The van der Waals surface area contributed by atoms with Crippen LogP contribution in [0.25, 0.3) is 0 Å². The first kappa shape index (κ1) is 15.2. The Hall–Kier alpha value is -1.17. The Balaban J connectivity index is 2.11. The summed E-state index contributed by atoms with van der Waals surface area (Å²) < 4.78 is 34.5. The van der Waals surface area contributed by atoms with Gasteiger partial charge in [-0.1, -0.05) is 15.9 Å². The molecule has 1 aromatic rings. The van der Waals surface area contributed by atoms with Crippen molar-refractivity contribution in [3.63, 3.8) is 0 Å². The zero-order valence-corrected chi connectivity index (χ0v) is 12.4. The minimum Gasteiger partial charge on any atom is -0.492 e. The number of rotatable bonds is 6. The summed E-state index contributed by atoms with van der Waals surface area (Å²) in [7, 11) is 0. The molecule has 0 atom stereocenters. The van der Waals surface area contributed by atoms with Crippen LogP contribution in [-0.2, 0) is 17.1 Å². The third-order valence-electron chi connectivity index (χ3n) is 3.27. The number of carbonyl (C=O) groups is 1. The van der Waals surface area contributed by atoms with Crippen LogP contribution in [0.5, 0.6) is 5.75 Å². The van der Waals surface area contributed by atoms with Gasteiger partial charge in [-0.25, -0.2) is 8.78 Å². The molecule has 0 fully saturated rings. The summed E-state index contributed by atoms with van der Waals surface area (Å²) in [4.78, 5) is 10.4. The number of halogens is 3. The molecule has 1 aliphatic rings. The summed E-state index contributed by atoms with van der Waals surface area (Å²) in [6, 6.07) is 3.19. The van der Waals surface area contributed by atoms with Crippen molar-refractivity contribution in [3.8, 4) is 5.75 Å². The normalized spacial score (nSPS) is 13.9. The van der Waals surface area contributed by atoms with Crippen LogP contribution in [0.4, 0.5) is 8.78 Å². The number of alkyl halides is 2. The highest BCUT2D eigenvalue weighted by molar-refractivity contribution is 9.10. The number of aliphatic carboxylic acids is 1. The molecule has 1 heterocycles. The van der Waals surface area contributed by atoms with E-state index in [4.69, 9.17) is 9.84 Å². The fraction of sp³-hybridized carbons (Fsp3) is 0.500. The maximum Gasteiger partial charge on any atom is 0.303 e. The molecule has 0 bridgehead atoms. The lowest BCUT2D eigenvalue weighted by atomic mass is 9.98. The van der Waals surface area contributed by atoms with Gasteiger partial charge in [0.2, 0.25) is 0 Å². The number of unbranched alkanes of at least 4 members (excludes halogenated alkanes) is 1. The van der Waals surface area contributed by atoms with E-state index in [0.717, 1.165) is 5.56 Å². The van der Waals surface area contributed by atoms with E-state index < -0.39 is 11.9 Å². The highest BCUT2D eigenvalue weighted by atomic mass is 79.9. The highest BCUT2D eigenvalue weighted by Crippen LogP contribution is 2.44. The number of fused-ring (bicyclic) bond motifs is 1. The molecule has 0 saturated heterocycles. The van der Waals surface area contributed by atoms with Crippen LogP contribution in [0.1, 0.15) is 36.8 Å². The van der Waals surface area contributed by atoms with Gasteiger partial charge < -0.3 is 9.84 Å². The zero-order valence-electron chi connectivity index (χ0n) is 10.8. The van der Waals surface area contributed by atoms with Crippen LogP contribution in [0.3, 0.4) is 0 Å². The maximum absolute atomic E-state index is 14.3. The molecule has 1 N–H and O–H groups in total. The summed E-state index contributed by atoms with van der Waals surface area (Å²) >= 11 is 3.24. The minimum atomic E-state index is -3.00. The fourth-order valence-electron chi connectivity index (χ4n) is 2.30. The second-order valence-electron chi connectivity index (χ2n) is 4.85. The van der Waals surface area contributed by atoms with Crippen LogP contribution in [0, 0.1) is 0 Å². The summed E-state index contributed by atoms with van der Waals surface area (Å²) in [5.41, 5.74) is 0.689. The predicted octanol–water partition coefficient (Wildman–Crippen LogP) is 4.12. The second-order valence-corrected chi connectivity index (χ2v) is 5.76. The number of hydrogen-bond donors (Lipinski definition) is 1. The Kier molecular flexibility index (Phi) is 4.62. The number of carboxylic acids is 1. The van der Waals surface area contributed by atoms with E-state index in [0.29, 0.717) is 17.5 Å². The summed E-state index contributed by atoms with van der Waals surface area (Å²) in [5.74, 6) is -3.67. The Bertz CT molecular complexity index is 517. The topological polar surface area (TPSA) is 46.5 Å². The molecule has 20 heavy (non-hydrogen) atoms. The molecular weight excluding hydrogens is 334 g/mol. The Labute approximate surface area is 124 Å². The summed E-state index contributed by atoms with van der Waals surface area (Å²) in [6.45, 7) is 0.424. The van der Waals surface area contributed by atoms with Crippen LogP contribution < -0.4 is 4.74 Å². The van der Waals surface area contributed by atoms with Crippen LogP contribution in [0.15, 0.2) is 16.6 Å². The summed E-state index contributed by atoms with van der Waals surface area (Å²) in [5, 5.41) is 8.51. The standard InChI is InChI=1S/C14H15BrF2O3/c15-10-7-9-4-6-20-13(9)11(8-10)14(16,17)5-2-1-3-12(18)19/h7-8H,1-6H2,(H,18,19). The SMILES string of the molecule is O=C(O)CCCCC(F)(F)c1cc(Br)cc2c1OCC2. The van der Waals surface area contributed by atoms with Crippen LogP contribution in [0.2, 0.25) is 0 Å². The van der Waals surface area contributed by atoms with Gasteiger partial charge in [0.25, 0.3) is 5.92 Å². The van der Waals surface area contributed by atoms with Crippen molar-refractivity contribution >= 4 is 21.9 Å².